The SMILES string of the molecule is Cc1c(CN2CCNCC2)c(Cl)cc2c1OCCCO2. The van der Waals surface area contributed by atoms with Gasteiger partial charge in [0, 0.05) is 55.8 Å². The van der Waals surface area contributed by atoms with E-state index in [0.29, 0.717) is 13.2 Å². The second-order valence-electron chi connectivity index (χ2n) is 5.37. The number of ether oxygens (including phenoxy) is 2. The Morgan fingerprint density at radius 2 is 2.00 bits per heavy atom. The normalized spacial score (nSPS) is 19.7. The third kappa shape index (κ3) is 2.87. The van der Waals surface area contributed by atoms with Gasteiger partial charge in [0.05, 0.1) is 13.2 Å². The van der Waals surface area contributed by atoms with Gasteiger partial charge >= 0.3 is 0 Å². The summed E-state index contributed by atoms with van der Waals surface area (Å²) < 4.78 is 11.6. The molecule has 0 saturated carbocycles. The number of hydrogen-bond acceptors (Lipinski definition) is 4. The van der Waals surface area contributed by atoms with E-state index >= 15 is 0 Å². The fraction of sp³-hybridized carbons (Fsp3) is 0.600. The van der Waals surface area contributed by atoms with Gasteiger partial charge in [0.15, 0.2) is 11.5 Å². The first-order valence-electron chi connectivity index (χ1n) is 7.26. The lowest BCUT2D eigenvalue weighted by molar-refractivity contribution is 0.232. The predicted octanol–water partition coefficient (Wildman–Crippen LogP) is 2.21. The van der Waals surface area contributed by atoms with Gasteiger partial charge in [-0.3, -0.25) is 4.90 Å². The average molecular weight is 297 g/mol. The van der Waals surface area contributed by atoms with Gasteiger partial charge in [-0.05, 0) is 12.5 Å². The van der Waals surface area contributed by atoms with Crippen molar-refractivity contribution < 1.29 is 9.47 Å². The van der Waals surface area contributed by atoms with Crippen molar-refractivity contribution in [2.24, 2.45) is 0 Å². The summed E-state index contributed by atoms with van der Waals surface area (Å²) >= 11 is 6.46. The van der Waals surface area contributed by atoms with Gasteiger partial charge in [-0.25, -0.2) is 0 Å². The summed E-state index contributed by atoms with van der Waals surface area (Å²) in [6, 6.07) is 1.91. The molecule has 0 aromatic heterocycles. The summed E-state index contributed by atoms with van der Waals surface area (Å²) in [6.45, 7) is 8.57. The first-order chi connectivity index (χ1) is 9.75. The highest BCUT2D eigenvalue weighted by atomic mass is 35.5. The predicted molar refractivity (Wildman–Crippen MR) is 79.9 cm³/mol. The standard InChI is InChI=1S/C15H21ClN2O2/c1-11-12(10-18-5-3-17-4-6-18)13(16)9-14-15(11)20-8-2-7-19-14/h9,17H,2-8,10H2,1H3. The maximum absolute atomic E-state index is 6.46. The van der Waals surface area contributed by atoms with Crippen LogP contribution in [0.15, 0.2) is 6.07 Å². The van der Waals surface area contributed by atoms with Crippen LogP contribution in [-0.4, -0.2) is 44.3 Å². The van der Waals surface area contributed by atoms with Crippen LogP contribution < -0.4 is 14.8 Å². The largest absolute Gasteiger partial charge is 0.489 e. The molecule has 2 aliphatic rings. The molecule has 5 heteroatoms. The molecule has 110 valence electrons. The van der Waals surface area contributed by atoms with Gasteiger partial charge < -0.3 is 14.8 Å². The minimum absolute atomic E-state index is 0.694. The monoisotopic (exact) mass is 296 g/mol. The number of hydrogen-bond donors (Lipinski definition) is 1. The summed E-state index contributed by atoms with van der Waals surface area (Å²) in [4.78, 5) is 2.43. The van der Waals surface area contributed by atoms with E-state index in [1.807, 2.05) is 6.07 Å². The lowest BCUT2D eigenvalue weighted by atomic mass is 10.1. The molecular formula is C15H21ClN2O2. The highest BCUT2D eigenvalue weighted by molar-refractivity contribution is 6.31. The summed E-state index contributed by atoms with van der Waals surface area (Å²) in [5, 5.41) is 4.15. The van der Waals surface area contributed by atoms with Crippen LogP contribution in [0.25, 0.3) is 0 Å². The quantitative estimate of drug-likeness (QED) is 0.907. The highest BCUT2D eigenvalue weighted by Gasteiger charge is 2.21. The first-order valence-corrected chi connectivity index (χ1v) is 7.64. The van der Waals surface area contributed by atoms with E-state index in [0.717, 1.165) is 66.8 Å². The number of nitrogens with zero attached hydrogens (tertiary/aromatic N) is 1. The number of fused-ring (bicyclic) bond motifs is 1. The molecular weight excluding hydrogens is 276 g/mol. The van der Waals surface area contributed by atoms with Crippen molar-refractivity contribution >= 4 is 11.6 Å². The molecule has 1 aromatic carbocycles. The Balaban J connectivity index is 1.88. The summed E-state index contributed by atoms with van der Waals surface area (Å²) in [5.41, 5.74) is 2.28. The van der Waals surface area contributed by atoms with Crippen molar-refractivity contribution in [3.63, 3.8) is 0 Å². The molecule has 2 aliphatic heterocycles. The van der Waals surface area contributed by atoms with Crippen molar-refractivity contribution in [3.8, 4) is 11.5 Å². The van der Waals surface area contributed by atoms with Crippen molar-refractivity contribution in [2.45, 2.75) is 19.9 Å². The molecule has 0 amide bonds. The zero-order valence-corrected chi connectivity index (χ0v) is 12.6. The first kappa shape index (κ1) is 14.0. The molecule has 0 aliphatic carbocycles. The maximum Gasteiger partial charge on any atom is 0.164 e. The molecule has 1 aromatic rings. The number of halogens is 1. The molecule has 1 fully saturated rings. The molecule has 20 heavy (non-hydrogen) atoms. The van der Waals surface area contributed by atoms with Crippen molar-refractivity contribution in [2.75, 3.05) is 39.4 Å². The number of piperazine rings is 1. The van der Waals surface area contributed by atoms with Gasteiger partial charge in [0.1, 0.15) is 0 Å². The summed E-state index contributed by atoms with van der Waals surface area (Å²) in [7, 11) is 0. The van der Waals surface area contributed by atoms with E-state index in [1.165, 1.54) is 0 Å². The number of benzene rings is 1. The van der Waals surface area contributed by atoms with Crippen molar-refractivity contribution in [1.82, 2.24) is 10.2 Å². The fourth-order valence-electron chi connectivity index (χ4n) is 2.76. The molecule has 1 N–H and O–H groups in total. The Labute approximate surface area is 125 Å². The zero-order valence-electron chi connectivity index (χ0n) is 11.9. The summed E-state index contributed by atoms with van der Waals surface area (Å²) in [5.74, 6) is 1.66. The van der Waals surface area contributed by atoms with Crippen LogP contribution in [0, 0.1) is 6.92 Å². The molecule has 0 bridgehead atoms. The Hall–Kier alpha value is -0.970. The van der Waals surface area contributed by atoms with E-state index in [4.69, 9.17) is 21.1 Å². The Morgan fingerprint density at radius 3 is 2.80 bits per heavy atom. The van der Waals surface area contributed by atoms with E-state index in [9.17, 15) is 0 Å². The zero-order chi connectivity index (χ0) is 13.9. The lowest BCUT2D eigenvalue weighted by Crippen LogP contribution is -2.43. The smallest absolute Gasteiger partial charge is 0.164 e. The molecule has 0 atom stereocenters. The van der Waals surface area contributed by atoms with Crippen LogP contribution in [0.3, 0.4) is 0 Å². The third-order valence-corrected chi connectivity index (χ3v) is 4.28. The van der Waals surface area contributed by atoms with E-state index in [2.05, 4.69) is 17.1 Å². The average Bonchev–Trinajstić information content (AvgIpc) is 2.70. The Morgan fingerprint density at radius 1 is 1.25 bits per heavy atom. The minimum atomic E-state index is 0.694. The van der Waals surface area contributed by atoms with Crippen LogP contribution in [0.1, 0.15) is 17.5 Å². The van der Waals surface area contributed by atoms with Gasteiger partial charge in [-0.1, -0.05) is 11.6 Å². The lowest BCUT2D eigenvalue weighted by Gasteiger charge is -2.28. The van der Waals surface area contributed by atoms with Crippen LogP contribution in [-0.2, 0) is 6.54 Å². The maximum atomic E-state index is 6.46. The fourth-order valence-corrected chi connectivity index (χ4v) is 3.06. The van der Waals surface area contributed by atoms with Crippen LogP contribution in [0.5, 0.6) is 11.5 Å². The van der Waals surface area contributed by atoms with Crippen LogP contribution >= 0.6 is 11.6 Å². The second kappa shape index (κ2) is 6.20. The van der Waals surface area contributed by atoms with E-state index < -0.39 is 0 Å². The molecule has 0 radical (unpaired) electrons. The van der Waals surface area contributed by atoms with Crippen LogP contribution in [0.4, 0.5) is 0 Å². The van der Waals surface area contributed by atoms with Crippen molar-refractivity contribution in [3.05, 3.63) is 22.2 Å². The third-order valence-electron chi connectivity index (χ3n) is 3.95. The van der Waals surface area contributed by atoms with E-state index in [1.54, 1.807) is 0 Å². The molecule has 0 unspecified atom stereocenters. The molecule has 0 spiro atoms. The van der Waals surface area contributed by atoms with Gasteiger partial charge in [0.2, 0.25) is 0 Å². The van der Waals surface area contributed by atoms with Crippen molar-refractivity contribution in [1.29, 1.82) is 0 Å². The number of nitrogens with one attached hydrogen (secondary N) is 1. The highest BCUT2D eigenvalue weighted by Crippen LogP contribution is 2.39. The van der Waals surface area contributed by atoms with Crippen LogP contribution in [0.2, 0.25) is 5.02 Å². The molecule has 3 rings (SSSR count). The van der Waals surface area contributed by atoms with Gasteiger partial charge in [0.25, 0.3) is 0 Å². The summed E-state index contributed by atoms with van der Waals surface area (Å²) in [6.07, 6.45) is 0.916. The van der Waals surface area contributed by atoms with E-state index in [-0.39, 0.29) is 0 Å². The van der Waals surface area contributed by atoms with Gasteiger partial charge in [-0.15, -0.1) is 0 Å². The minimum Gasteiger partial charge on any atom is -0.489 e. The molecule has 2 heterocycles. The Bertz CT molecular complexity index is 487. The Kier molecular flexibility index (Phi) is 4.34. The molecule has 4 nitrogen and oxygen atoms in total. The topological polar surface area (TPSA) is 33.7 Å². The number of rotatable bonds is 2. The molecule has 1 saturated heterocycles. The second-order valence-corrected chi connectivity index (χ2v) is 5.77. The van der Waals surface area contributed by atoms with Gasteiger partial charge in [-0.2, -0.15) is 0 Å².